The van der Waals surface area contributed by atoms with Crippen LogP contribution in [0.4, 0.5) is 5.69 Å². The van der Waals surface area contributed by atoms with Gasteiger partial charge in [-0.3, -0.25) is 13.9 Å². The van der Waals surface area contributed by atoms with Gasteiger partial charge in [-0.15, -0.1) is 0 Å². The van der Waals surface area contributed by atoms with Crippen LogP contribution in [0.2, 0.25) is 0 Å². The lowest BCUT2D eigenvalue weighted by Gasteiger charge is -2.32. The minimum absolute atomic E-state index is 0.0330. The third kappa shape index (κ3) is 7.32. The summed E-state index contributed by atoms with van der Waals surface area (Å²) in [4.78, 5) is 27.9. The Kier molecular flexibility index (Phi) is 9.27. The lowest BCUT2D eigenvalue weighted by Crippen LogP contribution is -2.52. The molecule has 2 aromatic rings. The highest BCUT2D eigenvalue weighted by molar-refractivity contribution is 7.92. The van der Waals surface area contributed by atoms with Crippen LogP contribution in [0.5, 0.6) is 0 Å². The van der Waals surface area contributed by atoms with Crippen LogP contribution in [0.15, 0.2) is 42.5 Å². The number of sulfonamides is 1. The number of nitrogens with one attached hydrogen (secondary N) is 1. The third-order valence-electron chi connectivity index (χ3n) is 6.10. The summed E-state index contributed by atoms with van der Waals surface area (Å²) in [5.74, 6) is -0.720. The first-order chi connectivity index (χ1) is 15.8. The average Bonchev–Trinajstić information content (AvgIpc) is 2.77. The van der Waals surface area contributed by atoms with Gasteiger partial charge in [0.05, 0.1) is 11.9 Å². The summed E-state index contributed by atoms with van der Waals surface area (Å²) in [6, 6.07) is 12.2. The largest absolute Gasteiger partial charge is 0.352 e. The summed E-state index contributed by atoms with van der Waals surface area (Å²) in [6.45, 7) is 11.2. The number of anilines is 1. The van der Waals surface area contributed by atoms with Gasteiger partial charge in [0, 0.05) is 12.6 Å². The lowest BCUT2D eigenvalue weighted by atomic mass is 10.1. The van der Waals surface area contributed by atoms with Crippen molar-refractivity contribution in [2.24, 2.45) is 0 Å². The summed E-state index contributed by atoms with van der Waals surface area (Å²) in [7, 11) is -3.74. The van der Waals surface area contributed by atoms with Gasteiger partial charge >= 0.3 is 0 Å². The molecule has 0 fully saturated rings. The first kappa shape index (κ1) is 27.4. The van der Waals surface area contributed by atoms with Gasteiger partial charge in [-0.05, 0) is 69.9 Å². The molecule has 0 saturated carbocycles. The number of carbonyl (C=O) groups excluding carboxylic acids is 2. The molecule has 2 atom stereocenters. The maximum absolute atomic E-state index is 13.5. The van der Waals surface area contributed by atoms with E-state index in [0.717, 1.165) is 39.2 Å². The van der Waals surface area contributed by atoms with Gasteiger partial charge in [-0.2, -0.15) is 0 Å². The highest BCUT2D eigenvalue weighted by Crippen LogP contribution is 2.22. The van der Waals surface area contributed by atoms with Crippen LogP contribution < -0.4 is 9.62 Å². The molecule has 2 unspecified atom stereocenters. The number of nitrogens with zero attached hydrogens (tertiary/aromatic N) is 2. The van der Waals surface area contributed by atoms with Crippen molar-refractivity contribution < 1.29 is 18.0 Å². The molecule has 1 N–H and O–H groups in total. The fraction of sp³-hybridized carbons (Fsp3) is 0.462. The Balaban J connectivity index is 2.39. The van der Waals surface area contributed by atoms with E-state index in [-0.39, 0.29) is 18.5 Å². The lowest BCUT2D eigenvalue weighted by molar-refractivity contribution is -0.139. The van der Waals surface area contributed by atoms with Crippen LogP contribution in [0.1, 0.15) is 49.4 Å². The van der Waals surface area contributed by atoms with E-state index in [9.17, 15) is 18.0 Å². The zero-order chi connectivity index (χ0) is 25.6. The third-order valence-corrected chi connectivity index (χ3v) is 7.24. The topological polar surface area (TPSA) is 86.8 Å². The van der Waals surface area contributed by atoms with Crippen LogP contribution in [0.25, 0.3) is 0 Å². The zero-order valence-electron chi connectivity index (χ0n) is 21.3. The minimum Gasteiger partial charge on any atom is -0.352 e. The zero-order valence-corrected chi connectivity index (χ0v) is 22.1. The van der Waals surface area contributed by atoms with Crippen molar-refractivity contribution >= 4 is 27.5 Å². The molecule has 2 rings (SSSR count). The smallest absolute Gasteiger partial charge is 0.244 e. The summed E-state index contributed by atoms with van der Waals surface area (Å²) in [6.07, 6.45) is 1.85. The Morgan fingerprint density at radius 1 is 0.971 bits per heavy atom. The van der Waals surface area contributed by atoms with E-state index in [1.165, 1.54) is 4.90 Å². The fourth-order valence-electron chi connectivity index (χ4n) is 3.43. The molecule has 0 aromatic heterocycles. The minimum atomic E-state index is -3.74. The highest BCUT2D eigenvalue weighted by Gasteiger charge is 2.30. The quantitative estimate of drug-likeness (QED) is 0.554. The Morgan fingerprint density at radius 2 is 1.59 bits per heavy atom. The van der Waals surface area contributed by atoms with Gasteiger partial charge in [-0.25, -0.2) is 8.42 Å². The fourth-order valence-corrected chi connectivity index (χ4v) is 4.27. The standard InChI is InChI=1S/C26H37N3O4S/c1-8-21(5)27-26(31)22(6)28(16-23-12-9-18(2)10-13-23)25(30)17-29(34(7,32)33)24-14-11-19(3)20(4)15-24/h9-15,21-22H,8,16-17H2,1-7H3,(H,27,31). The molecule has 0 spiro atoms. The molecule has 2 aromatic carbocycles. The van der Waals surface area contributed by atoms with Gasteiger partial charge in [0.15, 0.2) is 0 Å². The Hall–Kier alpha value is -2.87. The Labute approximate surface area is 204 Å². The van der Waals surface area contributed by atoms with Crippen LogP contribution in [0, 0.1) is 20.8 Å². The van der Waals surface area contributed by atoms with E-state index in [1.54, 1.807) is 19.1 Å². The van der Waals surface area contributed by atoms with Crippen LogP contribution in [0.3, 0.4) is 0 Å². The summed E-state index contributed by atoms with van der Waals surface area (Å²) >= 11 is 0. The van der Waals surface area contributed by atoms with E-state index in [1.807, 2.05) is 65.0 Å². The first-order valence-electron chi connectivity index (χ1n) is 11.5. The number of aryl methyl sites for hydroxylation is 3. The number of benzene rings is 2. The van der Waals surface area contributed by atoms with Gasteiger partial charge < -0.3 is 10.2 Å². The van der Waals surface area contributed by atoms with Gasteiger partial charge in [0.1, 0.15) is 12.6 Å². The monoisotopic (exact) mass is 487 g/mol. The Bertz CT molecular complexity index is 1110. The first-order valence-corrected chi connectivity index (χ1v) is 13.4. The van der Waals surface area contributed by atoms with E-state index < -0.39 is 28.5 Å². The molecule has 0 bridgehead atoms. The second-order valence-electron chi connectivity index (χ2n) is 9.04. The van der Waals surface area contributed by atoms with Crippen molar-refractivity contribution in [1.29, 1.82) is 0 Å². The molecule has 0 saturated heterocycles. The molecule has 186 valence electrons. The van der Waals surface area contributed by atoms with Crippen molar-refractivity contribution in [3.63, 3.8) is 0 Å². The predicted octanol–water partition coefficient (Wildman–Crippen LogP) is 3.71. The number of amides is 2. The molecule has 0 aliphatic heterocycles. The van der Waals surface area contributed by atoms with E-state index in [2.05, 4.69) is 5.32 Å². The van der Waals surface area contributed by atoms with Crippen molar-refractivity contribution in [2.45, 2.75) is 66.6 Å². The predicted molar refractivity (Wildman–Crippen MR) is 137 cm³/mol. The number of hydrogen-bond acceptors (Lipinski definition) is 4. The second-order valence-corrected chi connectivity index (χ2v) is 10.9. The summed E-state index contributed by atoms with van der Waals surface area (Å²) in [5, 5.41) is 2.92. The Morgan fingerprint density at radius 3 is 2.12 bits per heavy atom. The number of carbonyl (C=O) groups is 2. The van der Waals surface area contributed by atoms with Gasteiger partial charge in [0.2, 0.25) is 21.8 Å². The van der Waals surface area contributed by atoms with Gasteiger partial charge in [0.25, 0.3) is 0 Å². The maximum atomic E-state index is 13.5. The molecule has 0 radical (unpaired) electrons. The molecule has 34 heavy (non-hydrogen) atoms. The molecular weight excluding hydrogens is 450 g/mol. The second kappa shape index (κ2) is 11.5. The average molecular weight is 488 g/mol. The van der Waals surface area contributed by atoms with Crippen molar-refractivity contribution in [3.8, 4) is 0 Å². The van der Waals surface area contributed by atoms with Crippen molar-refractivity contribution in [2.75, 3.05) is 17.1 Å². The summed E-state index contributed by atoms with van der Waals surface area (Å²) in [5.41, 5.74) is 4.32. The molecule has 8 heteroatoms. The van der Waals surface area contributed by atoms with Crippen LogP contribution >= 0.6 is 0 Å². The van der Waals surface area contributed by atoms with E-state index in [0.29, 0.717) is 5.69 Å². The molecule has 0 aliphatic carbocycles. The molecular formula is C26H37N3O4S. The van der Waals surface area contributed by atoms with Crippen molar-refractivity contribution in [1.82, 2.24) is 10.2 Å². The highest BCUT2D eigenvalue weighted by atomic mass is 32.2. The van der Waals surface area contributed by atoms with Crippen LogP contribution in [-0.2, 0) is 26.2 Å². The molecule has 2 amide bonds. The summed E-state index contributed by atoms with van der Waals surface area (Å²) < 4.78 is 26.4. The normalized spacial score (nSPS) is 13.1. The van der Waals surface area contributed by atoms with Gasteiger partial charge in [-0.1, -0.05) is 42.8 Å². The number of hydrogen-bond donors (Lipinski definition) is 1. The van der Waals surface area contributed by atoms with E-state index >= 15 is 0 Å². The van der Waals surface area contributed by atoms with Crippen LogP contribution in [-0.4, -0.2) is 50.0 Å². The SMILES string of the molecule is CCC(C)NC(=O)C(C)N(Cc1ccc(C)cc1)C(=O)CN(c1ccc(C)c(C)c1)S(C)(=O)=O. The number of rotatable bonds is 10. The van der Waals surface area contributed by atoms with Crippen molar-refractivity contribution in [3.05, 3.63) is 64.7 Å². The van der Waals surface area contributed by atoms with E-state index in [4.69, 9.17) is 0 Å². The maximum Gasteiger partial charge on any atom is 0.244 e. The molecule has 7 nitrogen and oxygen atoms in total. The molecule has 0 aliphatic rings. The molecule has 0 heterocycles.